The molecule has 3 aliphatic rings. The van der Waals surface area contributed by atoms with Gasteiger partial charge in [-0.15, -0.1) is 0 Å². The summed E-state index contributed by atoms with van der Waals surface area (Å²) in [5, 5.41) is 0. The summed E-state index contributed by atoms with van der Waals surface area (Å²) in [7, 11) is 0. The monoisotopic (exact) mass is 372 g/mol. The molecular weight excluding hydrogens is 340 g/mol. The molecule has 1 aromatic rings. The molecule has 27 heavy (non-hydrogen) atoms. The first-order valence-electron chi connectivity index (χ1n) is 10.8. The van der Waals surface area contributed by atoms with Crippen molar-refractivity contribution in [2.45, 2.75) is 63.9 Å². The number of ether oxygens (including phenoxy) is 1. The molecule has 4 rings (SSSR count). The summed E-state index contributed by atoms with van der Waals surface area (Å²) in [6, 6.07) is 1.93. The van der Waals surface area contributed by atoms with Crippen molar-refractivity contribution in [3.8, 4) is 0 Å². The molecule has 3 fully saturated rings. The van der Waals surface area contributed by atoms with Crippen LogP contribution in [0.4, 0.5) is 5.95 Å². The maximum absolute atomic E-state index is 12.9. The van der Waals surface area contributed by atoms with Gasteiger partial charge in [0.1, 0.15) is 6.10 Å². The largest absolute Gasteiger partial charge is 0.368 e. The molecule has 3 heterocycles. The molecule has 2 saturated heterocycles. The van der Waals surface area contributed by atoms with Gasteiger partial charge in [-0.05, 0) is 37.7 Å². The zero-order chi connectivity index (χ0) is 18.5. The lowest BCUT2D eigenvalue weighted by molar-refractivity contribution is -0.140. The number of carbonyl (C=O) groups is 1. The molecule has 6 heteroatoms. The van der Waals surface area contributed by atoms with E-state index in [-0.39, 0.29) is 6.10 Å². The molecule has 0 radical (unpaired) electrons. The Morgan fingerprint density at radius 2 is 1.85 bits per heavy atom. The van der Waals surface area contributed by atoms with Crippen molar-refractivity contribution in [3.63, 3.8) is 0 Å². The minimum absolute atomic E-state index is 0.138. The van der Waals surface area contributed by atoms with Gasteiger partial charge in [-0.2, -0.15) is 0 Å². The summed E-state index contributed by atoms with van der Waals surface area (Å²) in [4.78, 5) is 26.3. The Bertz CT molecular complexity index is 624. The van der Waals surface area contributed by atoms with E-state index < -0.39 is 0 Å². The van der Waals surface area contributed by atoms with Crippen LogP contribution in [0.3, 0.4) is 0 Å². The Morgan fingerprint density at radius 1 is 1.07 bits per heavy atom. The van der Waals surface area contributed by atoms with E-state index >= 15 is 0 Å². The van der Waals surface area contributed by atoms with Gasteiger partial charge < -0.3 is 14.5 Å². The fraction of sp³-hybridized carbons (Fsp3) is 0.762. The lowest BCUT2D eigenvalue weighted by Crippen LogP contribution is -2.43. The second kappa shape index (κ2) is 9.00. The summed E-state index contributed by atoms with van der Waals surface area (Å²) < 4.78 is 5.97. The van der Waals surface area contributed by atoms with Crippen molar-refractivity contribution in [1.82, 2.24) is 14.9 Å². The normalized spacial score (nSPS) is 24.8. The van der Waals surface area contributed by atoms with Crippen LogP contribution in [0.5, 0.6) is 0 Å². The number of rotatable bonds is 4. The SMILES string of the molecule is O=C(CC1CCCCCC1)N1CCO[C@H](c2ccnc(N3CCCC3)n2)C1. The van der Waals surface area contributed by atoms with Gasteiger partial charge in [0.25, 0.3) is 0 Å². The van der Waals surface area contributed by atoms with Crippen LogP contribution < -0.4 is 4.90 Å². The van der Waals surface area contributed by atoms with Crippen LogP contribution in [0, 0.1) is 5.92 Å². The number of aromatic nitrogens is 2. The highest BCUT2D eigenvalue weighted by atomic mass is 16.5. The molecule has 6 nitrogen and oxygen atoms in total. The molecule has 2 aliphatic heterocycles. The molecule has 1 atom stereocenters. The molecule has 0 spiro atoms. The highest BCUT2D eigenvalue weighted by molar-refractivity contribution is 5.76. The van der Waals surface area contributed by atoms with Gasteiger partial charge in [0.2, 0.25) is 11.9 Å². The molecule has 0 bridgehead atoms. The smallest absolute Gasteiger partial charge is 0.225 e. The first kappa shape index (κ1) is 18.7. The van der Waals surface area contributed by atoms with Crippen LogP contribution in [0.2, 0.25) is 0 Å². The number of anilines is 1. The maximum Gasteiger partial charge on any atom is 0.225 e. The summed E-state index contributed by atoms with van der Waals surface area (Å²) >= 11 is 0. The molecule has 1 saturated carbocycles. The van der Waals surface area contributed by atoms with Crippen molar-refractivity contribution in [2.75, 3.05) is 37.7 Å². The topological polar surface area (TPSA) is 58.6 Å². The number of carbonyl (C=O) groups excluding carboxylic acids is 1. The van der Waals surface area contributed by atoms with Crippen LogP contribution in [0.1, 0.15) is 69.6 Å². The van der Waals surface area contributed by atoms with Crippen molar-refractivity contribution in [1.29, 1.82) is 0 Å². The van der Waals surface area contributed by atoms with E-state index in [9.17, 15) is 4.79 Å². The predicted octanol–water partition coefficient (Wildman–Crippen LogP) is 3.34. The van der Waals surface area contributed by atoms with Crippen molar-refractivity contribution < 1.29 is 9.53 Å². The molecule has 1 aliphatic carbocycles. The molecule has 148 valence electrons. The van der Waals surface area contributed by atoms with Gasteiger partial charge in [-0.1, -0.05) is 25.7 Å². The van der Waals surface area contributed by atoms with Crippen LogP contribution in [0.25, 0.3) is 0 Å². The number of nitrogens with zero attached hydrogens (tertiary/aromatic N) is 4. The average Bonchev–Trinajstić information content (AvgIpc) is 3.14. The third-order valence-electron chi connectivity index (χ3n) is 6.24. The Hall–Kier alpha value is -1.69. The average molecular weight is 373 g/mol. The van der Waals surface area contributed by atoms with Gasteiger partial charge in [-0.25, -0.2) is 9.97 Å². The van der Waals surface area contributed by atoms with Gasteiger partial charge >= 0.3 is 0 Å². The summed E-state index contributed by atoms with van der Waals surface area (Å²) in [5.41, 5.74) is 0.902. The van der Waals surface area contributed by atoms with Crippen LogP contribution >= 0.6 is 0 Å². The van der Waals surface area contributed by atoms with Crippen molar-refractivity contribution in [3.05, 3.63) is 18.0 Å². The second-order valence-electron chi connectivity index (χ2n) is 8.24. The van der Waals surface area contributed by atoms with Crippen LogP contribution in [-0.4, -0.2) is 53.6 Å². The lowest BCUT2D eigenvalue weighted by Gasteiger charge is -2.33. The van der Waals surface area contributed by atoms with E-state index in [2.05, 4.69) is 9.88 Å². The van der Waals surface area contributed by atoms with E-state index in [1.54, 1.807) is 0 Å². The summed E-state index contributed by atoms with van der Waals surface area (Å²) in [5.74, 6) is 1.67. The minimum atomic E-state index is -0.138. The summed E-state index contributed by atoms with van der Waals surface area (Å²) in [6.45, 7) is 3.96. The standard InChI is InChI=1S/C21H32N4O2/c26-20(15-17-7-3-1-2-4-8-17)25-13-14-27-19(16-25)18-9-10-22-21(23-18)24-11-5-6-12-24/h9-10,17,19H,1-8,11-16H2/t19-/m0/s1. The van der Waals surface area contributed by atoms with E-state index in [0.29, 0.717) is 37.9 Å². The molecule has 0 aromatic carbocycles. The van der Waals surface area contributed by atoms with Crippen LogP contribution in [-0.2, 0) is 9.53 Å². The molecular formula is C21H32N4O2. The van der Waals surface area contributed by atoms with Gasteiger partial charge in [-0.3, -0.25) is 4.79 Å². The zero-order valence-corrected chi connectivity index (χ0v) is 16.3. The zero-order valence-electron chi connectivity index (χ0n) is 16.3. The third-order valence-corrected chi connectivity index (χ3v) is 6.24. The van der Waals surface area contributed by atoms with Gasteiger partial charge in [0.05, 0.1) is 18.8 Å². The fourth-order valence-electron chi connectivity index (χ4n) is 4.61. The van der Waals surface area contributed by atoms with Crippen molar-refractivity contribution >= 4 is 11.9 Å². The van der Waals surface area contributed by atoms with E-state index in [0.717, 1.165) is 24.7 Å². The van der Waals surface area contributed by atoms with Crippen LogP contribution in [0.15, 0.2) is 12.3 Å². The first-order valence-corrected chi connectivity index (χ1v) is 10.8. The molecule has 1 amide bonds. The van der Waals surface area contributed by atoms with E-state index in [4.69, 9.17) is 9.72 Å². The molecule has 1 aromatic heterocycles. The van der Waals surface area contributed by atoms with Gasteiger partial charge in [0.15, 0.2) is 0 Å². The Balaban J connectivity index is 1.37. The highest BCUT2D eigenvalue weighted by Gasteiger charge is 2.28. The first-order chi connectivity index (χ1) is 13.3. The summed E-state index contributed by atoms with van der Waals surface area (Å²) in [6.07, 6.45) is 12.5. The fourth-order valence-corrected chi connectivity index (χ4v) is 4.61. The molecule has 0 unspecified atom stereocenters. The Kier molecular flexibility index (Phi) is 6.22. The van der Waals surface area contributed by atoms with Gasteiger partial charge in [0, 0.05) is 32.3 Å². The third kappa shape index (κ3) is 4.78. The molecule has 0 N–H and O–H groups in total. The highest BCUT2D eigenvalue weighted by Crippen LogP contribution is 2.28. The maximum atomic E-state index is 12.9. The van der Waals surface area contributed by atoms with E-state index in [1.807, 2.05) is 17.2 Å². The Morgan fingerprint density at radius 3 is 2.63 bits per heavy atom. The Labute approximate surface area is 162 Å². The number of hydrogen-bond acceptors (Lipinski definition) is 5. The number of hydrogen-bond donors (Lipinski definition) is 0. The van der Waals surface area contributed by atoms with E-state index in [1.165, 1.54) is 51.4 Å². The lowest BCUT2D eigenvalue weighted by atomic mass is 9.96. The second-order valence-corrected chi connectivity index (χ2v) is 8.24. The quantitative estimate of drug-likeness (QED) is 0.759. The number of morpholine rings is 1. The predicted molar refractivity (Wildman–Crippen MR) is 105 cm³/mol. The van der Waals surface area contributed by atoms with Crippen molar-refractivity contribution in [2.24, 2.45) is 5.92 Å². The minimum Gasteiger partial charge on any atom is -0.368 e. The number of amides is 1.